The van der Waals surface area contributed by atoms with Crippen LogP contribution in [0.1, 0.15) is 31.9 Å². The van der Waals surface area contributed by atoms with Gasteiger partial charge in [0.05, 0.1) is 12.7 Å². The quantitative estimate of drug-likeness (QED) is 0.345. The topological polar surface area (TPSA) is 99.0 Å². The third-order valence-corrected chi connectivity index (χ3v) is 3.21. The van der Waals surface area contributed by atoms with Crippen LogP contribution in [0.4, 0.5) is 0 Å². The lowest BCUT2D eigenvalue weighted by atomic mass is 9.99. The van der Waals surface area contributed by atoms with Gasteiger partial charge in [0.1, 0.15) is 12.4 Å². The van der Waals surface area contributed by atoms with Crippen molar-refractivity contribution in [1.82, 2.24) is 5.48 Å². The van der Waals surface area contributed by atoms with E-state index in [2.05, 4.69) is 0 Å². The van der Waals surface area contributed by atoms with Gasteiger partial charge in [-0.1, -0.05) is 17.7 Å². The molecule has 0 heterocycles. The third-order valence-electron chi connectivity index (χ3n) is 3.21. The maximum absolute atomic E-state index is 11.3. The first-order chi connectivity index (χ1) is 9.99. The molecule has 0 fully saturated rings. The molecule has 1 atom stereocenters. The van der Waals surface area contributed by atoms with Crippen molar-refractivity contribution in [2.75, 3.05) is 13.2 Å². The first-order valence-electron chi connectivity index (χ1n) is 6.62. The lowest BCUT2D eigenvalue weighted by Gasteiger charge is -2.14. The zero-order valence-corrected chi connectivity index (χ0v) is 12.2. The van der Waals surface area contributed by atoms with E-state index in [4.69, 9.17) is 15.1 Å². The van der Waals surface area contributed by atoms with E-state index in [1.54, 1.807) is 43.6 Å². The summed E-state index contributed by atoms with van der Waals surface area (Å²) in [6.07, 6.45) is -0.464. The Morgan fingerprint density at radius 2 is 1.90 bits per heavy atom. The molecule has 4 N–H and O–H groups in total. The smallest absolute Gasteiger partial charge is 0.270 e. The largest absolute Gasteiger partial charge is 0.491 e. The van der Waals surface area contributed by atoms with Crippen LogP contribution in [-0.2, 0) is 4.79 Å². The van der Waals surface area contributed by atoms with Crippen molar-refractivity contribution in [1.29, 1.82) is 0 Å². The highest BCUT2D eigenvalue weighted by Crippen LogP contribution is 2.24. The molecule has 1 aromatic carbocycles. The fourth-order valence-corrected chi connectivity index (χ4v) is 1.79. The Balaban J connectivity index is 2.71. The van der Waals surface area contributed by atoms with Gasteiger partial charge in [0.15, 0.2) is 0 Å². The summed E-state index contributed by atoms with van der Waals surface area (Å²) < 4.78 is 5.23. The molecule has 0 aliphatic rings. The second-order valence-corrected chi connectivity index (χ2v) is 4.71. The molecule has 0 spiro atoms. The molecule has 1 rings (SSSR count). The van der Waals surface area contributed by atoms with Gasteiger partial charge >= 0.3 is 0 Å². The Hall–Kier alpha value is -1.89. The maximum Gasteiger partial charge on any atom is 0.270 e. The van der Waals surface area contributed by atoms with Crippen molar-refractivity contribution in [3.05, 3.63) is 41.0 Å². The number of carbonyl (C=O) groups is 1. The first kappa shape index (κ1) is 17.2. The molecule has 0 unspecified atom stereocenters. The van der Waals surface area contributed by atoms with Crippen LogP contribution in [0.25, 0.3) is 0 Å². The van der Waals surface area contributed by atoms with Gasteiger partial charge < -0.3 is 14.9 Å². The summed E-state index contributed by atoms with van der Waals surface area (Å²) in [4.78, 5) is 11.3. The standard InChI is InChI=1S/C15H21NO5/c1-10(11(2)15(19)16-20)9-14(18)12-3-5-13(6-4-12)21-8-7-17/h3-6,14,17-18,20H,7-9H2,1-2H3,(H,16,19)/b11-10+/t14-/m1/s1. The second-order valence-electron chi connectivity index (χ2n) is 4.71. The fraction of sp³-hybridized carbons (Fsp3) is 0.400. The maximum atomic E-state index is 11.3. The highest BCUT2D eigenvalue weighted by molar-refractivity contribution is 5.92. The molecule has 21 heavy (non-hydrogen) atoms. The number of rotatable bonds is 7. The minimum atomic E-state index is -0.752. The molecule has 0 radical (unpaired) electrons. The van der Waals surface area contributed by atoms with Crippen molar-refractivity contribution in [3.8, 4) is 5.75 Å². The Morgan fingerprint density at radius 1 is 1.29 bits per heavy atom. The van der Waals surface area contributed by atoms with E-state index in [0.717, 1.165) is 0 Å². The molecule has 0 saturated heterocycles. The van der Waals surface area contributed by atoms with Crippen LogP contribution < -0.4 is 10.2 Å². The summed E-state index contributed by atoms with van der Waals surface area (Å²) in [6, 6.07) is 6.87. The van der Waals surface area contributed by atoms with E-state index in [9.17, 15) is 9.90 Å². The summed E-state index contributed by atoms with van der Waals surface area (Å²) in [5, 5.41) is 27.4. The molecular formula is C15H21NO5. The van der Waals surface area contributed by atoms with Crippen molar-refractivity contribution < 1.29 is 25.0 Å². The molecule has 0 aromatic heterocycles. The van der Waals surface area contributed by atoms with Crippen LogP contribution in [0.3, 0.4) is 0 Å². The van der Waals surface area contributed by atoms with E-state index in [1.165, 1.54) is 0 Å². The summed E-state index contributed by atoms with van der Waals surface area (Å²) in [7, 11) is 0. The monoisotopic (exact) mass is 295 g/mol. The summed E-state index contributed by atoms with van der Waals surface area (Å²) in [5.74, 6) is 0.0376. The molecule has 0 bridgehead atoms. The Kier molecular flexibility index (Phi) is 6.87. The molecule has 1 aromatic rings. The van der Waals surface area contributed by atoms with Gasteiger partial charge in [-0.2, -0.15) is 0 Å². The van der Waals surface area contributed by atoms with Crippen LogP contribution in [0.5, 0.6) is 5.75 Å². The number of amides is 1. The number of hydrogen-bond acceptors (Lipinski definition) is 5. The molecule has 0 aliphatic heterocycles. The van der Waals surface area contributed by atoms with Gasteiger partial charge in [0.25, 0.3) is 5.91 Å². The summed E-state index contributed by atoms with van der Waals surface area (Å²) in [5.41, 5.74) is 3.33. The fourth-order valence-electron chi connectivity index (χ4n) is 1.79. The van der Waals surface area contributed by atoms with Crippen LogP contribution in [0, 0.1) is 0 Å². The van der Waals surface area contributed by atoms with Crippen molar-refractivity contribution in [2.45, 2.75) is 26.4 Å². The van der Waals surface area contributed by atoms with E-state index in [0.29, 0.717) is 22.5 Å². The van der Waals surface area contributed by atoms with Gasteiger partial charge in [0.2, 0.25) is 0 Å². The highest BCUT2D eigenvalue weighted by atomic mass is 16.5. The summed E-state index contributed by atoms with van der Waals surface area (Å²) >= 11 is 0. The van der Waals surface area contributed by atoms with Gasteiger partial charge in [0, 0.05) is 5.57 Å². The lowest BCUT2D eigenvalue weighted by molar-refractivity contribution is -0.125. The van der Waals surface area contributed by atoms with E-state index < -0.39 is 12.0 Å². The van der Waals surface area contributed by atoms with Gasteiger partial charge in [-0.15, -0.1) is 0 Å². The predicted octanol–water partition coefficient (Wildman–Crippen LogP) is 1.32. The van der Waals surface area contributed by atoms with Gasteiger partial charge in [-0.25, -0.2) is 5.48 Å². The number of aliphatic hydroxyl groups is 2. The number of nitrogens with one attached hydrogen (secondary N) is 1. The number of carbonyl (C=O) groups excluding carboxylic acids is 1. The van der Waals surface area contributed by atoms with E-state index >= 15 is 0 Å². The highest BCUT2D eigenvalue weighted by Gasteiger charge is 2.13. The average Bonchev–Trinajstić information content (AvgIpc) is 2.51. The van der Waals surface area contributed by atoms with Crippen LogP contribution in [-0.4, -0.2) is 34.5 Å². The number of hydroxylamine groups is 1. The molecule has 1 amide bonds. The number of aliphatic hydroxyl groups excluding tert-OH is 2. The summed E-state index contributed by atoms with van der Waals surface area (Å²) in [6.45, 7) is 3.48. The first-order valence-corrected chi connectivity index (χ1v) is 6.62. The molecule has 0 saturated carbocycles. The predicted molar refractivity (Wildman–Crippen MR) is 76.9 cm³/mol. The zero-order valence-electron chi connectivity index (χ0n) is 12.2. The minimum Gasteiger partial charge on any atom is -0.491 e. The SMILES string of the molecule is C/C(C[C@@H](O)c1ccc(OCCO)cc1)=C(/C)C(=O)NO. The number of hydrogen-bond donors (Lipinski definition) is 4. The Labute approximate surface area is 123 Å². The van der Waals surface area contributed by atoms with Crippen molar-refractivity contribution in [3.63, 3.8) is 0 Å². The normalized spacial score (nSPS) is 13.4. The molecule has 6 heteroatoms. The van der Waals surface area contributed by atoms with Crippen molar-refractivity contribution in [2.24, 2.45) is 0 Å². The van der Waals surface area contributed by atoms with E-state index in [1.807, 2.05) is 0 Å². The molecular weight excluding hydrogens is 274 g/mol. The minimum absolute atomic E-state index is 0.0550. The number of benzene rings is 1. The second kappa shape index (κ2) is 8.41. The van der Waals surface area contributed by atoms with Gasteiger partial charge in [-0.05, 0) is 38.0 Å². The molecule has 0 aliphatic carbocycles. The average molecular weight is 295 g/mol. The van der Waals surface area contributed by atoms with Crippen LogP contribution >= 0.6 is 0 Å². The zero-order chi connectivity index (χ0) is 15.8. The third kappa shape index (κ3) is 5.18. The van der Waals surface area contributed by atoms with Crippen molar-refractivity contribution >= 4 is 5.91 Å². The molecule has 116 valence electrons. The number of ether oxygens (including phenoxy) is 1. The van der Waals surface area contributed by atoms with E-state index in [-0.39, 0.29) is 19.6 Å². The lowest BCUT2D eigenvalue weighted by Crippen LogP contribution is -2.20. The van der Waals surface area contributed by atoms with Crippen LogP contribution in [0.2, 0.25) is 0 Å². The van der Waals surface area contributed by atoms with Gasteiger partial charge in [-0.3, -0.25) is 10.0 Å². The molecule has 6 nitrogen and oxygen atoms in total. The Bertz CT molecular complexity index is 495. The van der Waals surface area contributed by atoms with Crippen LogP contribution in [0.15, 0.2) is 35.4 Å². The Morgan fingerprint density at radius 3 is 2.43 bits per heavy atom.